The topological polar surface area (TPSA) is 32.3 Å². The Bertz CT molecular complexity index is 370. The van der Waals surface area contributed by atoms with E-state index in [0.29, 0.717) is 12.0 Å². The van der Waals surface area contributed by atoms with Gasteiger partial charge >= 0.3 is 0 Å². The first kappa shape index (κ1) is 14.1. The van der Waals surface area contributed by atoms with E-state index in [4.69, 9.17) is 5.11 Å². The van der Waals surface area contributed by atoms with Gasteiger partial charge in [-0.2, -0.15) is 0 Å². The van der Waals surface area contributed by atoms with Crippen molar-refractivity contribution in [2.45, 2.75) is 38.8 Å². The van der Waals surface area contributed by atoms with Crippen molar-refractivity contribution in [3.8, 4) is 0 Å². The zero-order valence-electron chi connectivity index (χ0n) is 10.3. The van der Waals surface area contributed by atoms with Gasteiger partial charge in [-0.05, 0) is 38.0 Å². The third-order valence-electron chi connectivity index (χ3n) is 3.16. The first-order chi connectivity index (χ1) is 8.00. The van der Waals surface area contributed by atoms with Crippen molar-refractivity contribution >= 4 is 0 Å². The molecule has 0 aliphatic carbocycles. The Morgan fingerprint density at radius 1 is 1.35 bits per heavy atom. The van der Waals surface area contributed by atoms with Crippen LogP contribution in [-0.2, 0) is 6.54 Å². The summed E-state index contributed by atoms with van der Waals surface area (Å²) in [5.41, 5.74) is 0.0515. The molecule has 4 heteroatoms. The summed E-state index contributed by atoms with van der Waals surface area (Å²) in [5.74, 6) is -0.857. The van der Waals surface area contributed by atoms with E-state index >= 15 is 0 Å². The van der Waals surface area contributed by atoms with E-state index in [1.165, 1.54) is 6.07 Å². The Kier molecular flexibility index (Phi) is 5.02. The fourth-order valence-electron chi connectivity index (χ4n) is 1.62. The number of halogens is 2. The van der Waals surface area contributed by atoms with Crippen LogP contribution in [0.3, 0.4) is 0 Å². The lowest BCUT2D eigenvalue weighted by Crippen LogP contribution is -2.42. The molecule has 17 heavy (non-hydrogen) atoms. The Hall–Kier alpha value is -1.00. The molecule has 1 aromatic carbocycles. The fraction of sp³-hybridized carbons (Fsp3) is 0.538. The van der Waals surface area contributed by atoms with Gasteiger partial charge in [-0.1, -0.05) is 6.92 Å². The normalized spacial score (nSPS) is 14.6. The summed E-state index contributed by atoms with van der Waals surface area (Å²) in [7, 11) is 0. The molecule has 1 atom stereocenters. The number of aliphatic hydroxyl groups is 1. The molecule has 96 valence electrons. The monoisotopic (exact) mass is 243 g/mol. The van der Waals surface area contributed by atoms with Crippen molar-refractivity contribution in [2.75, 3.05) is 6.61 Å². The molecule has 2 N–H and O–H groups in total. The van der Waals surface area contributed by atoms with Gasteiger partial charge in [0.25, 0.3) is 0 Å². The van der Waals surface area contributed by atoms with Crippen LogP contribution in [-0.4, -0.2) is 17.3 Å². The van der Waals surface area contributed by atoms with E-state index in [2.05, 4.69) is 5.32 Å². The molecule has 0 radical (unpaired) electrons. The van der Waals surface area contributed by atoms with Gasteiger partial charge in [0.05, 0.1) is 0 Å². The Labute approximate surface area is 101 Å². The third kappa shape index (κ3) is 4.06. The SMILES string of the molecule is CCC(C)(CCO)NCc1cc(F)ccc1F. The van der Waals surface area contributed by atoms with Crippen LogP contribution in [0.1, 0.15) is 32.3 Å². The number of nitrogens with one attached hydrogen (secondary N) is 1. The van der Waals surface area contributed by atoms with E-state index in [9.17, 15) is 8.78 Å². The third-order valence-corrected chi connectivity index (χ3v) is 3.16. The van der Waals surface area contributed by atoms with Gasteiger partial charge in [0.1, 0.15) is 11.6 Å². The first-order valence-electron chi connectivity index (χ1n) is 5.80. The van der Waals surface area contributed by atoms with Crippen LogP contribution < -0.4 is 5.32 Å². The zero-order chi connectivity index (χ0) is 12.9. The predicted octanol–water partition coefficient (Wildman–Crippen LogP) is 2.61. The zero-order valence-corrected chi connectivity index (χ0v) is 10.3. The molecule has 2 nitrogen and oxygen atoms in total. The van der Waals surface area contributed by atoms with Gasteiger partial charge in [-0.15, -0.1) is 0 Å². The van der Waals surface area contributed by atoms with Crippen molar-refractivity contribution in [1.82, 2.24) is 5.32 Å². The molecule has 0 fully saturated rings. The summed E-state index contributed by atoms with van der Waals surface area (Å²) in [6.07, 6.45) is 1.39. The standard InChI is InChI=1S/C13H19F2NO/c1-3-13(2,6-7-17)16-9-10-8-11(14)4-5-12(10)15/h4-5,8,16-17H,3,6-7,9H2,1-2H3. The van der Waals surface area contributed by atoms with Gasteiger partial charge < -0.3 is 10.4 Å². The second kappa shape index (κ2) is 6.07. The lowest BCUT2D eigenvalue weighted by Gasteiger charge is -2.29. The molecule has 0 saturated carbocycles. The number of hydrogen-bond acceptors (Lipinski definition) is 2. The number of aliphatic hydroxyl groups excluding tert-OH is 1. The first-order valence-corrected chi connectivity index (χ1v) is 5.80. The molecular weight excluding hydrogens is 224 g/mol. The van der Waals surface area contributed by atoms with E-state index < -0.39 is 11.6 Å². The number of rotatable bonds is 6. The second-order valence-corrected chi connectivity index (χ2v) is 4.48. The minimum atomic E-state index is -0.441. The van der Waals surface area contributed by atoms with Crippen LogP contribution in [0.2, 0.25) is 0 Å². The fourth-order valence-corrected chi connectivity index (χ4v) is 1.62. The maximum atomic E-state index is 13.4. The number of hydrogen-bond donors (Lipinski definition) is 2. The predicted molar refractivity (Wildman–Crippen MR) is 63.6 cm³/mol. The summed E-state index contributed by atoms with van der Waals surface area (Å²) in [6, 6.07) is 3.42. The lowest BCUT2D eigenvalue weighted by molar-refractivity contribution is 0.214. The van der Waals surface area contributed by atoms with Crippen molar-refractivity contribution in [2.24, 2.45) is 0 Å². The molecule has 0 saturated heterocycles. The molecule has 0 heterocycles. The molecule has 0 aliphatic rings. The van der Waals surface area contributed by atoms with E-state index in [1.54, 1.807) is 0 Å². The molecular formula is C13H19F2NO. The van der Waals surface area contributed by atoms with Crippen LogP contribution in [0, 0.1) is 11.6 Å². The summed E-state index contributed by atoms with van der Waals surface area (Å²) < 4.78 is 26.3. The summed E-state index contributed by atoms with van der Waals surface area (Å²) in [5, 5.41) is 12.1. The Morgan fingerprint density at radius 2 is 2.06 bits per heavy atom. The molecule has 1 unspecified atom stereocenters. The average Bonchev–Trinajstić information content (AvgIpc) is 2.31. The smallest absolute Gasteiger partial charge is 0.127 e. The van der Waals surface area contributed by atoms with Gasteiger partial charge in [0.15, 0.2) is 0 Å². The number of benzene rings is 1. The minimum absolute atomic E-state index is 0.0724. The molecule has 0 spiro atoms. The lowest BCUT2D eigenvalue weighted by atomic mass is 9.94. The van der Waals surface area contributed by atoms with Crippen LogP contribution in [0.5, 0.6) is 0 Å². The molecule has 0 bridgehead atoms. The van der Waals surface area contributed by atoms with Crippen LogP contribution in [0.25, 0.3) is 0 Å². The summed E-state index contributed by atoms with van der Waals surface area (Å²) in [4.78, 5) is 0. The van der Waals surface area contributed by atoms with Gasteiger partial charge in [-0.3, -0.25) is 0 Å². The van der Waals surface area contributed by atoms with E-state index in [-0.39, 0.29) is 18.7 Å². The van der Waals surface area contributed by atoms with Gasteiger partial charge in [0.2, 0.25) is 0 Å². The Morgan fingerprint density at radius 3 is 2.65 bits per heavy atom. The molecule has 0 aromatic heterocycles. The highest BCUT2D eigenvalue weighted by atomic mass is 19.1. The highest BCUT2D eigenvalue weighted by Gasteiger charge is 2.20. The van der Waals surface area contributed by atoms with E-state index in [1.807, 2.05) is 13.8 Å². The van der Waals surface area contributed by atoms with Crippen LogP contribution in [0.4, 0.5) is 8.78 Å². The largest absolute Gasteiger partial charge is 0.396 e. The maximum absolute atomic E-state index is 13.4. The Balaban J connectivity index is 2.68. The maximum Gasteiger partial charge on any atom is 0.127 e. The van der Waals surface area contributed by atoms with Crippen molar-refractivity contribution in [3.63, 3.8) is 0 Å². The summed E-state index contributed by atoms with van der Waals surface area (Å²) >= 11 is 0. The van der Waals surface area contributed by atoms with Crippen molar-refractivity contribution in [1.29, 1.82) is 0 Å². The molecule has 1 rings (SSSR count). The van der Waals surface area contributed by atoms with E-state index in [0.717, 1.165) is 18.6 Å². The minimum Gasteiger partial charge on any atom is -0.396 e. The van der Waals surface area contributed by atoms with Crippen molar-refractivity contribution < 1.29 is 13.9 Å². The highest BCUT2D eigenvalue weighted by Crippen LogP contribution is 2.16. The molecule has 1 aromatic rings. The molecule has 0 aliphatic heterocycles. The molecule has 0 amide bonds. The summed E-state index contributed by atoms with van der Waals surface area (Å²) in [6.45, 7) is 4.28. The van der Waals surface area contributed by atoms with Gasteiger partial charge in [-0.25, -0.2) is 8.78 Å². The van der Waals surface area contributed by atoms with Crippen LogP contribution in [0.15, 0.2) is 18.2 Å². The quantitative estimate of drug-likeness (QED) is 0.805. The average molecular weight is 243 g/mol. The van der Waals surface area contributed by atoms with Gasteiger partial charge in [0, 0.05) is 24.3 Å². The van der Waals surface area contributed by atoms with Crippen LogP contribution >= 0.6 is 0 Å². The second-order valence-electron chi connectivity index (χ2n) is 4.48. The van der Waals surface area contributed by atoms with Crippen molar-refractivity contribution in [3.05, 3.63) is 35.4 Å². The highest BCUT2D eigenvalue weighted by molar-refractivity contribution is 5.18.